The highest BCUT2D eigenvalue weighted by Gasteiger charge is 2.30. The maximum Gasteiger partial charge on any atom is 0.326 e. The number of nitrogens with one attached hydrogen (secondary N) is 3. The van der Waals surface area contributed by atoms with Gasteiger partial charge in [0.15, 0.2) is 0 Å². The van der Waals surface area contributed by atoms with E-state index in [0.29, 0.717) is 5.75 Å². The number of amides is 4. The normalized spacial score (nSPS) is 14.7. The molecule has 0 aromatic carbocycles. The molecule has 4 unspecified atom stereocenters. The van der Waals surface area contributed by atoms with Crippen molar-refractivity contribution in [2.75, 3.05) is 18.6 Å². The monoisotopic (exact) mass is 477 g/mol. The minimum absolute atomic E-state index is 0.0139. The number of rotatable bonds is 16. The fraction of sp³-hybridized carbons (Fsp3) is 0.737. The van der Waals surface area contributed by atoms with Gasteiger partial charge in [-0.3, -0.25) is 19.2 Å². The molecule has 0 saturated carbocycles. The lowest BCUT2D eigenvalue weighted by molar-refractivity contribution is -0.142. The first-order valence-corrected chi connectivity index (χ1v) is 11.6. The van der Waals surface area contributed by atoms with Crippen molar-refractivity contribution in [3.05, 3.63) is 0 Å². The van der Waals surface area contributed by atoms with E-state index in [4.69, 9.17) is 16.6 Å². The maximum absolute atomic E-state index is 12.8. The van der Waals surface area contributed by atoms with Gasteiger partial charge in [0.1, 0.15) is 24.2 Å². The number of hydrogen-bond acceptors (Lipinski definition) is 8. The first-order valence-electron chi connectivity index (χ1n) is 10.2. The van der Waals surface area contributed by atoms with Crippen molar-refractivity contribution < 1.29 is 34.2 Å². The number of thioether (sulfide) groups is 1. The summed E-state index contributed by atoms with van der Waals surface area (Å²) in [7, 11) is 0. The zero-order valence-corrected chi connectivity index (χ0v) is 19.4. The summed E-state index contributed by atoms with van der Waals surface area (Å²) < 4.78 is 0. The molecule has 0 radical (unpaired) electrons. The topological polar surface area (TPSA) is 214 Å². The molecule has 0 fully saturated rings. The summed E-state index contributed by atoms with van der Waals surface area (Å²) in [4.78, 5) is 60.0. The van der Waals surface area contributed by atoms with Crippen molar-refractivity contribution in [1.29, 1.82) is 0 Å². The smallest absolute Gasteiger partial charge is 0.326 e. The van der Waals surface area contributed by atoms with E-state index < -0.39 is 60.4 Å². The summed E-state index contributed by atoms with van der Waals surface area (Å²) in [6.07, 6.45) is 1.85. The second kappa shape index (κ2) is 15.4. The van der Waals surface area contributed by atoms with Crippen LogP contribution in [-0.2, 0) is 24.0 Å². The van der Waals surface area contributed by atoms with Crippen molar-refractivity contribution in [3.63, 3.8) is 0 Å². The highest BCUT2D eigenvalue weighted by Crippen LogP contribution is 2.08. The van der Waals surface area contributed by atoms with Gasteiger partial charge in [-0.05, 0) is 37.2 Å². The van der Waals surface area contributed by atoms with Crippen molar-refractivity contribution in [2.45, 2.75) is 63.7 Å². The number of hydrogen-bond donors (Lipinski definition) is 7. The SMILES string of the molecule is CSCCC(NC(=O)C(CC(C)C)NC(=O)C(N)CO)C(=O)NC(CCC(N)=O)C(=O)O. The van der Waals surface area contributed by atoms with Gasteiger partial charge in [-0.2, -0.15) is 11.8 Å². The van der Waals surface area contributed by atoms with Gasteiger partial charge in [-0.25, -0.2) is 4.79 Å². The quantitative estimate of drug-likeness (QED) is 0.129. The van der Waals surface area contributed by atoms with E-state index in [-0.39, 0.29) is 31.6 Å². The summed E-state index contributed by atoms with van der Waals surface area (Å²) >= 11 is 1.43. The number of carboxylic acids is 1. The lowest BCUT2D eigenvalue weighted by atomic mass is 10.0. The molecule has 0 heterocycles. The predicted molar refractivity (Wildman–Crippen MR) is 119 cm³/mol. The Kier molecular flexibility index (Phi) is 14.3. The molecule has 0 spiro atoms. The number of nitrogens with two attached hydrogens (primary N) is 2. The Hall–Kier alpha value is -2.38. The largest absolute Gasteiger partial charge is 0.480 e. The average molecular weight is 478 g/mol. The van der Waals surface area contributed by atoms with Crippen LogP contribution in [-0.4, -0.2) is 82.6 Å². The van der Waals surface area contributed by atoms with Crippen LogP contribution in [0.2, 0.25) is 0 Å². The van der Waals surface area contributed by atoms with Gasteiger partial charge in [0.2, 0.25) is 23.6 Å². The molecule has 0 aliphatic rings. The summed E-state index contributed by atoms with van der Waals surface area (Å²) in [5, 5.41) is 25.7. The Balaban J connectivity index is 5.41. The van der Waals surface area contributed by atoms with Crippen molar-refractivity contribution in [3.8, 4) is 0 Å². The third kappa shape index (κ3) is 11.9. The van der Waals surface area contributed by atoms with E-state index in [0.717, 1.165) is 0 Å². The molecule has 32 heavy (non-hydrogen) atoms. The molecule has 0 aliphatic heterocycles. The summed E-state index contributed by atoms with van der Waals surface area (Å²) in [6.45, 7) is 3.08. The Morgan fingerprint density at radius 1 is 0.906 bits per heavy atom. The molecular weight excluding hydrogens is 442 g/mol. The molecule has 0 rings (SSSR count). The Bertz CT molecular complexity index is 662. The summed E-state index contributed by atoms with van der Waals surface area (Å²) in [5.74, 6) is -3.61. The standard InChI is InChI=1S/C19H35N5O7S/c1-10(2)8-14(24-16(27)11(20)9-25)18(29)22-12(6-7-32-3)17(28)23-13(19(30)31)4-5-15(21)26/h10-14,25H,4-9,20H2,1-3H3,(H2,21,26)(H,22,29)(H,23,28)(H,24,27)(H,30,31). The summed E-state index contributed by atoms with van der Waals surface area (Å²) in [6, 6.07) is -4.62. The molecule has 0 aromatic heterocycles. The van der Waals surface area contributed by atoms with Crippen LogP contribution in [0.1, 0.15) is 39.5 Å². The molecule has 0 saturated heterocycles. The first-order chi connectivity index (χ1) is 14.9. The van der Waals surface area contributed by atoms with Gasteiger partial charge in [-0.15, -0.1) is 0 Å². The van der Waals surface area contributed by atoms with Crippen molar-refractivity contribution >= 4 is 41.4 Å². The Morgan fingerprint density at radius 3 is 1.91 bits per heavy atom. The third-order valence-corrected chi connectivity index (χ3v) is 5.06. The van der Waals surface area contributed by atoms with Crippen LogP contribution < -0.4 is 27.4 Å². The van der Waals surface area contributed by atoms with E-state index >= 15 is 0 Å². The number of primary amides is 1. The molecule has 4 atom stereocenters. The molecule has 0 aliphatic carbocycles. The lowest BCUT2D eigenvalue weighted by Gasteiger charge is -2.25. The van der Waals surface area contributed by atoms with Crippen LogP contribution in [0.25, 0.3) is 0 Å². The Morgan fingerprint density at radius 2 is 1.44 bits per heavy atom. The second-order valence-electron chi connectivity index (χ2n) is 7.73. The zero-order chi connectivity index (χ0) is 24.8. The minimum Gasteiger partial charge on any atom is -0.480 e. The fourth-order valence-electron chi connectivity index (χ4n) is 2.66. The highest BCUT2D eigenvalue weighted by atomic mass is 32.2. The third-order valence-electron chi connectivity index (χ3n) is 4.41. The molecule has 0 aromatic rings. The highest BCUT2D eigenvalue weighted by molar-refractivity contribution is 7.98. The average Bonchev–Trinajstić information content (AvgIpc) is 2.71. The molecule has 0 bridgehead atoms. The Labute approximate surface area is 191 Å². The van der Waals surface area contributed by atoms with Crippen LogP contribution >= 0.6 is 11.8 Å². The first kappa shape index (κ1) is 29.6. The molecule has 184 valence electrons. The second-order valence-corrected chi connectivity index (χ2v) is 8.71. The molecule has 9 N–H and O–H groups in total. The van der Waals surface area contributed by atoms with Gasteiger partial charge in [-0.1, -0.05) is 13.8 Å². The van der Waals surface area contributed by atoms with Crippen molar-refractivity contribution in [2.24, 2.45) is 17.4 Å². The van der Waals surface area contributed by atoms with Gasteiger partial charge in [0.25, 0.3) is 0 Å². The van der Waals surface area contributed by atoms with Crippen LogP contribution in [0.3, 0.4) is 0 Å². The van der Waals surface area contributed by atoms with Gasteiger partial charge in [0, 0.05) is 6.42 Å². The predicted octanol–water partition coefficient (Wildman–Crippen LogP) is -2.09. The van der Waals surface area contributed by atoms with Crippen LogP contribution in [0.15, 0.2) is 0 Å². The van der Waals surface area contributed by atoms with Gasteiger partial charge >= 0.3 is 5.97 Å². The van der Waals surface area contributed by atoms with E-state index in [9.17, 15) is 29.1 Å². The van der Waals surface area contributed by atoms with Crippen LogP contribution in [0, 0.1) is 5.92 Å². The molecule has 13 heteroatoms. The van der Waals surface area contributed by atoms with Crippen LogP contribution in [0.5, 0.6) is 0 Å². The van der Waals surface area contributed by atoms with Gasteiger partial charge < -0.3 is 37.6 Å². The molecule has 4 amide bonds. The fourth-order valence-corrected chi connectivity index (χ4v) is 3.13. The number of carbonyl (C=O) groups excluding carboxylic acids is 4. The van der Waals surface area contributed by atoms with Gasteiger partial charge in [0.05, 0.1) is 6.61 Å². The lowest BCUT2D eigenvalue weighted by Crippen LogP contribution is -2.57. The van der Waals surface area contributed by atoms with E-state index in [1.54, 1.807) is 0 Å². The number of carboxylic acid groups (broad SMARTS) is 1. The van der Waals surface area contributed by atoms with E-state index in [2.05, 4.69) is 16.0 Å². The number of carbonyl (C=O) groups is 5. The number of aliphatic hydroxyl groups excluding tert-OH is 1. The molecular formula is C19H35N5O7S. The van der Waals surface area contributed by atoms with E-state index in [1.165, 1.54) is 11.8 Å². The van der Waals surface area contributed by atoms with Crippen molar-refractivity contribution in [1.82, 2.24) is 16.0 Å². The van der Waals surface area contributed by atoms with E-state index in [1.807, 2.05) is 20.1 Å². The zero-order valence-electron chi connectivity index (χ0n) is 18.6. The minimum atomic E-state index is -1.35. The maximum atomic E-state index is 12.8. The number of aliphatic carboxylic acids is 1. The van der Waals surface area contributed by atoms with Crippen LogP contribution in [0.4, 0.5) is 0 Å². The molecule has 12 nitrogen and oxygen atoms in total. The number of aliphatic hydroxyl groups is 1. The summed E-state index contributed by atoms with van der Waals surface area (Å²) in [5.41, 5.74) is 10.5.